The lowest BCUT2D eigenvalue weighted by molar-refractivity contribution is -0.141. The molecule has 1 aromatic carbocycles. The van der Waals surface area contributed by atoms with Crippen molar-refractivity contribution in [3.8, 4) is 0 Å². The van der Waals surface area contributed by atoms with E-state index < -0.39 is 29.4 Å². The van der Waals surface area contributed by atoms with Gasteiger partial charge in [0, 0.05) is 30.9 Å². The van der Waals surface area contributed by atoms with Gasteiger partial charge in [0.2, 0.25) is 0 Å². The molecule has 1 aliphatic heterocycles. The van der Waals surface area contributed by atoms with Crippen LogP contribution in [0.3, 0.4) is 0 Å². The number of benzene rings is 1. The third-order valence-electron chi connectivity index (χ3n) is 4.25. The van der Waals surface area contributed by atoms with E-state index in [-0.39, 0.29) is 29.6 Å². The number of halogens is 5. The van der Waals surface area contributed by atoms with Gasteiger partial charge >= 0.3 is 6.18 Å². The lowest BCUT2D eigenvalue weighted by Crippen LogP contribution is -2.34. The van der Waals surface area contributed by atoms with Crippen LogP contribution >= 0.6 is 0 Å². The van der Waals surface area contributed by atoms with Gasteiger partial charge < -0.3 is 10.1 Å². The monoisotopic (exact) mass is 416 g/mol. The molecule has 2 aromatic rings. The zero-order valence-electron chi connectivity index (χ0n) is 15.0. The van der Waals surface area contributed by atoms with Crippen molar-refractivity contribution in [3.05, 3.63) is 52.9 Å². The molecular formula is C18H17F5N4O2. The number of amides is 1. The van der Waals surface area contributed by atoms with E-state index in [0.717, 1.165) is 24.3 Å². The van der Waals surface area contributed by atoms with Crippen molar-refractivity contribution in [1.29, 1.82) is 0 Å². The Morgan fingerprint density at radius 3 is 2.55 bits per heavy atom. The first kappa shape index (κ1) is 20.9. The van der Waals surface area contributed by atoms with Crippen molar-refractivity contribution >= 4 is 11.7 Å². The van der Waals surface area contributed by atoms with E-state index in [1.165, 1.54) is 0 Å². The Morgan fingerprint density at radius 2 is 1.93 bits per heavy atom. The standard InChI is InChI=1S/C18H17F5N4O2/c19-13-2-1-10(7-14(13)20)17(28)25-16(24-11-3-5-29-6-4-11)9-12-8-15(27-26-12)18(21,22)23/h1-2,7-8,11H,3-6,9H2,(H,26,27)(H,24,25,28). The van der Waals surface area contributed by atoms with Crippen molar-refractivity contribution in [2.75, 3.05) is 13.2 Å². The molecule has 0 radical (unpaired) electrons. The van der Waals surface area contributed by atoms with Crippen LogP contribution in [0.4, 0.5) is 22.0 Å². The highest BCUT2D eigenvalue weighted by molar-refractivity contribution is 6.06. The molecule has 1 amide bonds. The van der Waals surface area contributed by atoms with E-state index in [1.807, 2.05) is 0 Å². The van der Waals surface area contributed by atoms with E-state index in [2.05, 4.69) is 20.5 Å². The number of carbonyl (C=O) groups is 1. The highest BCUT2D eigenvalue weighted by Crippen LogP contribution is 2.27. The summed E-state index contributed by atoms with van der Waals surface area (Å²) in [6, 6.07) is 3.27. The first-order valence-corrected chi connectivity index (χ1v) is 8.74. The molecule has 1 saturated heterocycles. The fraction of sp³-hybridized carbons (Fsp3) is 0.389. The minimum atomic E-state index is -4.61. The van der Waals surface area contributed by atoms with Gasteiger partial charge in [0.15, 0.2) is 17.3 Å². The number of hydrogen-bond donors (Lipinski definition) is 2. The molecule has 1 fully saturated rings. The summed E-state index contributed by atoms with van der Waals surface area (Å²) in [6.07, 6.45) is -3.60. The number of alkyl halides is 3. The largest absolute Gasteiger partial charge is 0.435 e. The summed E-state index contributed by atoms with van der Waals surface area (Å²) in [7, 11) is 0. The summed E-state index contributed by atoms with van der Waals surface area (Å²) in [6.45, 7) is 0.946. The minimum absolute atomic E-state index is 0.0870. The van der Waals surface area contributed by atoms with E-state index in [1.54, 1.807) is 0 Å². The first-order valence-electron chi connectivity index (χ1n) is 8.74. The predicted molar refractivity (Wildman–Crippen MR) is 92.4 cm³/mol. The molecule has 6 nitrogen and oxygen atoms in total. The number of H-pyrrole nitrogens is 1. The Bertz CT molecular complexity index is 904. The first-order chi connectivity index (χ1) is 13.7. The number of nitrogens with one attached hydrogen (secondary N) is 2. The maximum absolute atomic E-state index is 13.4. The topological polar surface area (TPSA) is 79.4 Å². The molecule has 2 heterocycles. The maximum atomic E-state index is 13.4. The van der Waals surface area contributed by atoms with Crippen molar-refractivity contribution in [3.63, 3.8) is 0 Å². The number of ether oxygens (including phenoxy) is 1. The number of aromatic nitrogens is 2. The number of aliphatic imine (C=N–C) groups is 1. The summed E-state index contributed by atoms with van der Waals surface area (Å²) in [5.41, 5.74) is -1.15. The number of nitrogens with zero attached hydrogens (tertiary/aromatic N) is 2. The fourth-order valence-electron chi connectivity index (χ4n) is 2.78. The SMILES string of the molecule is O=C(NC(Cc1cc(C(F)(F)F)n[nH]1)=NC1CCOCC1)c1ccc(F)c(F)c1. The summed E-state index contributed by atoms with van der Waals surface area (Å²) < 4.78 is 70.0. The molecule has 0 bridgehead atoms. The molecule has 2 N–H and O–H groups in total. The molecule has 1 aromatic heterocycles. The van der Waals surface area contributed by atoms with Gasteiger partial charge in [-0.3, -0.25) is 14.9 Å². The number of amidine groups is 1. The Hall–Kier alpha value is -2.82. The zero-order chi connectivity index (χ0) is 21.0. The van der Waals surface area contributed by atoms with E-state index in [9.17, 15) is 26.7 Å². The van der Waals surface area contributed by atoms with Crippen LogP contribution in [-0.4, -0.2) is 41.2 Å². The summed E-state index contributed by atoms with van der Waals surface area (Å²) in [5, 5.41) is 7.97. The summed E-state index contributed by atoms with van der Waals surface area (Å²) in [4.78, 5) is 16.8. The fourth-order valence-corrected chi connectivity index (χ4v) is 2.78. The van der Waals surface area contributed by atoms with Crippen LogP contribution in [0.2, 0.25) is 0 Å². The Morgan fingerprint density at radius 1 is 1.21 bits per heavy atom. The van der Waals surface area contributed by atoms with Gasteiger partial charge in [0.25, 0.3) is 5.91 Å². The Balaban J connectivity index is 1.80. The molecular weight excluding hydrogens is 399 g/mol. The van der Waals surface area contributed by atoms with Crippen molar-refractivity contribution in [2.45, 2.75) is 31.5 Å². The molecule has 156 valence electrons. The van der Waals surface area contributed by atoms with E-state index >= 15 is 0 Å². The molecule has 0 atom stereocenters. The summed E-state index contributed by atoms with van der Waals surface area (Å²) >= 11 is 0. The zero-order valence-corrected chi connectivity index (χ0v) is 15.0. The molecule has 0 spiro atoms. The number of aromatic amines is 1. The van der Waals surface area contributed by atoms with Crippen molar-refractivity contribution < 1.29 is 31.5 Å². The van der Waals surface area contributed by atoms with E-state index in [0.29, 0.717) is 26.1 Å². The van der Waals surface area contributed by atoms with Crippen LogP contribution in [0.25, 0.3) is 0 Å². The molecule has 1 aliphatic rings. The van der Waals surface area contributed by atoms with Crippen molar-refractivity contribution in [1.82, 2.24) is 15.5 Å². The average molecular weight is 416 g/mol. The van der Waals surface area contributed by atoms with Gasteiger partial charge in [-0.05, 0) is 37.1 Å². The second-order valence-electron chi connectivity index (χ2n) is 6.46. The second kappa shape index (κ2) is 8.68. The second-order valence-corrected chi connectivity index (χ2v) is 6.46. The molecule has 11 heteroatoms. The van der Waals surface area contributed by atoms with Gasteiger partial charge in [0.05, 0.1) is 6.04 Å². The molecule has 29 heavy (non-hydrogen) atoms. The normalized spacial score (nSPS) is 16.1. The number of rotatable bonds is 4. The van der Waals surface area contributed by atoms with Crippen molar-refractivity contribution in [2.24, 2.45) is 4.99 Å². The quantitative estimate of drug-likeness (QED) is 0.456. The van der Waals surface area contributed by atoms with Crippen LogP contribution in [0.1, 0.15) is 34.6 Å². The third-order valence-corrected chi connectivity index (χ3v) is 4.25. The highest BCUT2D eigenvalue weighted by atomic mass is 19.4. The van der Waals surface area contributed by atoms with Crippen LogP contribution in [0.5, 0.6) is 0 Å². The maximum Gasteiger partial charge on any atom is 0.435 e. The molecule has 3 rings (SSSR count). The smallest absolute Gasteiger partial charge is 0.381 e. The third kappa shape index (κ3) is 5.59. The van der Waals surface area contributed by atoms with Gasteiger partial charge in [-0.15, -0.1) is 0 Å². The molecule has 0 unspecified atom stereocenters. The average Bonchev–Trinajstić information content (AvgIpc) is 3.13. The number of hydrogen-bond acceptors (Lipinski definition) is 4. The van der Waals surface area contributed by atoms with Gasteiger partial charge in [0.1, 0.15) is 5.84 Å². The lowest BCUT2D eigenvalue weighted by Gasteiger charge is -2.20. The van der Waals surface area contributed by atoms with Crippen LogP contribution in [-0.2, 0) is 17.3 Å². The summed E-state index contributed by atoms with van der Waals surface area (Å²) in [5.74, 6) is -2.96. The number of carbonyl (C=O) groups excluding carboxylic acids is 1. The minimum Gasteiger partial charge on any atom is -0.381 e. The van der Waals surface area contributed by atoms with Gasteiger partial charge in [-0.2, -0.15) is 18.3 Å². The van der Waals surface area contributed by atoms with E-state index in [4.69, 9.17) is 4.74 Å². The molecule has 0 saturated carbocycles. The van der Waals surface area contributed by atoms with Crippen LogP contribution in [0, 0.1) is 11.6 Å². The Labute approximate surface area is 162 Å². The predicted octanol–water partition coefficient (Wildman–Crippen LogP) is 3.26. The Kier molecular flexibility index (Phi) is 6.26. The highest BCUT2D eigenvalue weighted by Gasteiger charge is 2.34. The van der Waals surface area contributed by atoms with Gasteiger partial charge in [-0.25, -0.2) is 8.78 Å². The molecule has 0 aliphatic carbocycles. The van der Waals surface area contributed by atoms with Gasteiger partial charge in [-0.1, -0.05) is 0 Å². The van der Waals surface area contributed by atoms with Crippen LogP contribution in [0.15, 0.2) is 29.3 Å². The lowest BCUT2D eigenvalue weighted by atomic mass is 10.1. The van der Waals surface area contributed by atoms with Crippen LogP contribution < -0.4 is 5.32 Å².